The largest absolute Gasteiger partial charge is 0.345 e. The van der Waals surface area contributed by atoms with E-state index in [0.29, 0.717) is 0 Å². The van der Waals surface area contributed by atoms with Crippen LogP contribution in [0.1, 0.15) is 1.37 Å². The molecular formula is C9H8N2. The summed E-state index contributed by atoms with van der Waals surface area (Å²) in [5.74, 6) is 0.751. The maximum absolute atomic E-state index is 7.22. The van der Waals surface area contributed by atoms with Gasteiger partial charge in [0.2, 0.25) is 0 Å². The molecule has 1 N–H and O–H groups in total. The van der Waals surface area contributed by atoms with Crippen LogP contribution in [0, 0.1) is 0 Å². The average Bonchev–Trinajstić information content (AvgIpc) is 2.54. The molecule has 0 saturated carbocycles. The van der Waals surface area contributed by atoms with E-state index in [1.807, 2.05) is 30.3 Å². The molecule has 0 amide bonds. The summed E-state index contributed by atoms with van der Waals surface area (Å²) in [7, 11) is 0. The third kappa shape index (κ3) is 1.15. The Labute approximate surface area is 66.3 Å². The molecule has 1 heterocycles. The maximum Gasteiger partial charge on any atom is 0.137 e. The number of hydrogen-bond acceptors (Lipinski definition) is 1. The lowest BCUT2D eigenvalue weighted by Crippen LogP contribution is -1.77. The molecule has 0 aliphatic heterocycles. The maximum atomic E-state index is 7.22. The smallest absolute Gasteiger partial charge is 0.137 e. The number of imidazole rings is 1. The Morgan fingerprint density at radius 1 is 1.27 bits per heavy atom. The first-order chi connectivity index (χ1) is 5.86. The minimum absolute atomic E-state index is 0.272. The number of aromatic amines is 1. The van der Waals surface area contributed by atoms with Crippen LogP contribution in [0.25, 0.3) is 11.4 Å². The first kappa shape index (κ1) is 5.13. The van der Waals surface area contributed by atoms with Crippen molar-refractivity contribution in [3.8, 4) is 11.4 Å². The summed E-state index contributed by atoms with van der Waals surface area (Å²) in [6, 6.07) is 9.76. The Kier molecular flexibility index (Phi) is 1.20. The highest BCUT2D eigenvalue weighted by Gasteiger charge is 1.94. The molecule has 1 aromatic heterocycles. The van der Waals surface area contributed by atoms with Gasteiger partial charge in [-0.25, -0.2) is 4.98 Å². The van der Waals surface area contributed by atoms with Crippen molar-refractivity contribution in [1.82, 2.24) is 9.97 Å². The SMILES string of the molecule is [2H]c1c[nH]c(-c2ccccc2)n1. The monoisotopic (exact) mass is 145 g/mol. The quantitative estimate of drug-likeness (QED) is 0.653. The summed E-state index contributed by atoms with van der Waals surface area (Å²) < 4.78 is 7.22. The molecule has 0 bridgehead atoms. The standard InChI is InChI=1S/C9H8N2/c1-2-4-8(5-3-1)9-10-6-7-11-9/h1-7H,(H,10,11)/i6D. The first-order valence-corrected chi connectivity index (χ1v) is 3.44. The average molecular weight is 145 g/mol. The van der Waals surface area contributed by atoms with Crippen LogP contribution in [0.3, 0.4) is 0 Å². The fourth-order valence-corrected chi connectivity index (χ4v) is 0.974. The molecular weight excluding hydrogens is 136 g/mol. The van der Waals surface area contributed by atoms with Gasteiger partial charge in [0.25, 0.3) is 0 Å². The van der Waals surface area contributed by atoms with Gasteiger partial charge in [-0.05, 0) is 0 Å². The molecule has 0 atom stereocenters. The highest BCUT2D eigenvalue weighted by atomic mass is 14.9. The van der Waals surface area contributed by atoms with Crippen molar-refractivity contribution in [1.29, 1.82) is 0 Å². The molecule has 54 valence electrons. The molecule has 0 fully saturated rings. The third-order valence-electron chi connectivity index (χ3n) is 1.50. The van der Waals surface area contributed by atoms with E-state index in [2.05, 4.69) is 9.97 Å². The van der Waals surface area contributed by atoms with Crippen molar-refractivity contribution in [2.24, 2.45) is 0 Å². The van der Waals surface area contributed by atoms with E-state index in [1.165, 1.54) is 0 Å². The zero-order chi connectivity index (χ0) is 8.39. The Balaban J connectivity index is 2.45. The molecule has 11 heavy (non-hydrogen) atoms. The second kappa shape index (κ2) is 2.58. The van der Waals surface area contributed by atoms with Crippen molar-refractivity contribution in [2.75, 3.05) is 0 Å². The molecule has 0 aliphatic carbocycles. The zero-order valence-corrected chi connectivity index (χ0v) is 5.91. The summed E-state index contributed by atoms with van der Waals surface area (Å²) in [5, 5.41) is 0. The van der Waals surface area contributed by atoms with Crippen LogP contribution in [-0.2, 0) is 0 Å². The molecule has 2 heteroatoms. The summed E-state index contributed by atoms with van der Waals surface area (Å²) >= 11 is 0. The van der Waals surface area contributed by atoms with Crippen molar-refractivity contribution >= 4 is 0 Å². The lowest BCUT2D eigenvalue weighted by atomic mass is 10.2. The number of nitrogens with one attached hydrogen (secondary N) is 1. The molecule has 0 spiro atoms. The molecule has 2 nitrogen and oxygen atoms in total. The molecule has 1 aromatic carbocycles. The van der Waals surface area contributed by atoms with Crippen molar-refractivity contribution < 1.29 is 1.37 Å². The van der Waals surface area contributed by atoms with E-state index in [0.717, 1.165) is 11.4 Å². The minimum Gasteiger partial charge on any atom is -0.345 e. The summed E-state index contributed by atoms with van der Waals surface area (Å²) in [4.78, 5) is 6.92. The van der Waals surface area contributed by atoms with Crippen LogP contribution in [-0.4, -0.2) is 9.97 Å². The Morgan fingerprint density at radius 3 is 2.73 bits per heavy atom. The van der Waals surface area contributed by atoms with Gasteiger partial charge in [0.1, 0.15) is 5.82 Å². The van der Waals surface area contributed by atoms with Gasteiger partial charge < -0.3 is 4.98 Å². The lowest BCUT2D eigenvalue weighted by molar-refractivity contribution is 1.31. The highest BCUT2D eigenvalue weighted by Crippen LogP contribution is 2.11. The van der Waals surface area contributed by atoms with Crippen LogP contribution in [0.4, 0.5) is 0 Å². The number of benzene rings is 1. The number of H-pyrrole nitrogens is 1. The fourth-order valence-electron chi connectivity index (χ4n) is 0.974. The van der Waals surface area contributed by atoms with Gasteiger partial charge in [-0.15, -0.1) is 0 Å². The Morgan fingerprint density at radius 2 is 2.09 bits per heavy atom. The van der Waals surface area contributed by atoms with Crippen molar-refractivity contribution in [3.63, 3.8) is 0 Å². The van der Waals surface area contributed by atoms with E-state index in [-0.39, 0.29) is 6.17 Å². The van der Waals surface area contributed by atoms with Gasteiger partial charge >= 0.3 is 0 Å². The van der Waals surface area contributed by atoms with Crippen LogP contribution in [0.5, 0.6) is 0 Å². The number of rotatable bonds is 1. The summed E-state index contributed by atoms with van der Waals surface area (Å²) in [6.45, 7) is 0. The zero-order valence-electron chi connectivity index (χ0n) is 6.91. The molecule has 2 rings (SSSR count). The Hall–Kier alpha value is -1.57. The van der Waals surface area contributed by atoms with Gasteiger partial charge in [-0.3, -0.25) is 0 Å². The summed E-state index contributed by atoms with van der Waals surface area (Å²) in [6.07, 6.45) is 1.84. The van der Waals surface area contributed by atoms with E-state index >= 15 is 0 Å². The van der Waals surface area contributed by atoms with Crippen molar-refractivity contribution in [2.45, 2.75) is 0 Å². The topological polar surface area (TPSA) is 28.7 Å². The molecule has 2 aromatic rings. The van der Waals surface area contributed by atoms with Crippen LogP contribution in [0.2, 0.25) is 0 Å². The lowest BCUT2D eigenvalue weighted by Gasteiger charge is -1.92. The molecule has 0 unspecified atom stereocenters. The van der Waals surface area contributed by atoms with Crippen LogP contribution < -0.4 is 0 Å². The second-order valence-corrected chi connectivity index (χ2v) is 2.24. The normalized spacial score (nSPS) is 11.1. The predicted octanol–water partition coefficient (Wildman–Crippen LogP) is 2.08. The van der Waals surface area contributed by atoms with Gasteiger partial charge in [-0.1, -0.05) is 30.3 Å². The van der Waals surface area contributed by atoms with Gasteiger partial charge in [0.05, 0.1) is 1.37 Å². The van der Waals surface area contributed by atoms with Gasteiger partial charge in [0, 0.05) is 17.9 Å². The molecule has 0 aliphatic rings. The first-order valence-electron chi connectivity index (χ1n) is 3.94. The van der Waals surface area contributed by atoms with Crippen LogP contribution >= 0.6 is 0 Å². The van der Waals surface area contributed by atoms with Crippen LogP contribution in [0.15, 0.2) is 42.7 Å². The fraction of sp³-hybridized carbons (Fsp3) is 0. The van der Waals surface area contributed by atoms with Crippen molar-refractivity contribution in [3.05, 3.63) is 42.7 Å². The molecule has 0 saturated heterocycles. The number of nitrogens with zero attached hydrogens (tertiary/aromatic N) is 1. The molecule has 0 radical (unpaired) electrons. The summed E-state index contributed by atoms with van der Waals surface area (Å²) in [5.41, 5.74) is 1.01. The Bertz CT molecular complexity index is 367. The number of hydrogen-bond donors (Lipinski definition) is 1. The van der Waals surface area contributed by atoms with E-state index in [9.17, 15) is 0 Å². The van der Waals surface area contributed by atoms with E-state index < -0.39 is 0 Å². The highest BCUT2D eigenvalue weighted by molar-refractivity contribution is 5.53. The number of aromatic nitrogens is 2. The van der Waals surface area contributed by atoms with Gasteiger partial charge in [-0.2, -0.15) is 0 Å². The van der Waals surface area contributed by atoms with E-state index in [1.54, 1.807) is 6.20 Å². The van der Waals surface area contributed by atoms with Gasteiger partial charge in [0.15, 0.2) is 0 Å². The predicted molar refractivity (Wildman–Crippen MR) is 44.0 cm³/mol. The third-order valence-corrected chi connectivity index (χ3v) is 1.50. The second-order valence-electron chi connectivity index (χ2n) is 2.24. The van der Waals surface area contributed by atoms with E-state index in [4.69, 9.17) is 1.37 Å². The minimum atomic E-state index is 0.272.